The summed E-state index contributed by atoms with van der Waals surface area (Å²) < 4.78 is 8.13. The molecular formula is C12H12BrN5O. The molecule has 98 valence electrons. The SMILES string of the molecule is Cc1cnc(C(C)Nc2nc(Br)cn3ccnc23)o1. The standard InChI is InChI=1S/C12H12BrN5O/c1-7-5-15-12(19-7)8(2)16-10-11-14-3-4-18(11)6-9(13)17-10/h3-6,8H,1-2H3,(H,16,17). The van der Waals surface area contributed by atoms with E-state index in [-0.39, 0.29) is 6.04 Å². The summed E-state index contributed by atoms with van der Waals surface area (Å²) in [7, 11) is 0. The zero-order chi connectivity index (χ0) is 13.4. The summed E-state index contributed by atoms with van der Waals surface area (Å²) in [5.74, 6) is 2.10. The summed E-state index contributed by atoms with van der Waals surface area (Å²) in [4.78, 5) is 12.9. The van der Waals surface area contributed by atoms with Crippen LogP contribution in [0.5, 0.6) is 0 Å². The maximum absolute atomic E-state index is 5.50. The van der Waals surface area contributed by atoms with Crippen molar-refractivity contribution in [3.63, 3.8) is 0 Å². The van der Waals surface area contributed by atoms with Gasteiger partial charge < -0.3 is 14.1 Å². The third kappa shape index (κ3) is 2.33. The van der Waals surface area contributed by atoms with Crippen LogP contribution in [0, 0.1) is 6.92 Å². The smallest absolute Gasteiger partial charge is 0.216 e. The number of halogens is 1. The monoisotopic (exact) mass is 321 g/mol. The molecule has 0 fully saturated rings. The minimum atomic E-state index is -0.0870. The van der Waals surface area contributed by atoms with Crippen LogP contribution >= 0.6 is 15.9 Å². The van der Waals surface area contributed by atoms with Crippen LogP contribution in [0.15, 0.2) is 33.8 Å². The van der Waals surface area contributed by atoms with Gasteiger partial charge in [0.05, 0.1) is 6.20 Å². The molecular weight excluding hydrogens is 310 g/mol. The number of nitrogens with one attached hydrogen (secondary N) is 1. The molecule has 19 heavy (non-hydrogen) atoms. The molecule has 0 aliphatic rings. The number of nitrogens with zero attached hydrogens (tertiary/aromatic N) is 4. The van der Waals surface area contributed by atoms with Crippen molar-refractivity contribution < 1.29 is 4.42 Å². The van der Waals surface area contributed by atoms with E-state index in [0.717, 1.165) is 16.0 Å². The third-order valence-corrected chi connectivity index (χ3v) is 3.09. The van der Waals surface area contributed by atoms with Crippen LogP contribution in [0.4, 0.5) is 5.82 Å². The number of oxazole rings is 1. The Bertz CT molecular complexity index is 720. The first-order valence-corrected chi connectivity index (χ1v) is 6.61. The lowest BCUT2D eigenvalue weighted by molar-refractivity contribution is 0.453. The van der Waals surface area contributed by atoms with E-state index in [1.807, 2.05) is 30.6 Å². The van der Waals surface area contributed by atoms with Gasteiger partial charge in [-0.2, -0.15) is 0 Å². The Morgan fingerprint density at radius 1 is 1.42 bits per heavy atom. The fourth-order valence-electron chi connectivity index (χ4n) is 1.84. The molecule has 0 bridgehead atoms. The van der Waals surface area contributed by atoms with E-state index in [1.54, 1.807) is 12.4 Å². The van der Waals surface area contributed by atoms with Crippen molar-refractivity contribution in [3.8, 4) is 0 Å². The van der Waals surface area contributed by atoms with E-state index < -0.39 is 0 Å². The highest BCUT2D eigenvalue weighted by Crippen LogP contribution is 2.22. The maximum atomic E-state index is 5.50. The van der Waals surface area contributed by atoms with E-state index >= 15 is 0 Å². The minimum Gasteiger partial charge on any atom is -0.444 e. The van der Waals surface area contributed by atoms with Crippen LogP contribution < -0.4 is 5.32 Å². The number of aromatic nitrogens is 4. The molecule has 0 aliphatic carbocycles. The predicted octanol–water partition coefficient (Wildman–Crippen LogP) is 2.96. The Hall–Kier alpha value is -1.89. The molecule has 1 unspecified atom stereocenters. The number of fused-ring (bicyclic) bond motifs is 1. The summed E-state index contributed by atoms with van der Waals surface area (Å²) in [6.45, 7) is 3.83. The molecule has 0 radical (unpaired) electrons. The molecule has 0 aliphatic heterocycles. The van der Waals surface area contributed by atoms with Gasteiger partial charge >= 0.3 is 0 Å². The molecule has 0 aromatic carbocycles. The molecule has 0 amide bonds. The molecule has 1 atom stereocenters. The highest BCUT2D eigenvalue weighted by atomic mass is 79.9. The normalized spacial score (nSPS) is 12.8. The minimum absolute atomic E-state index is 0.0870. The molecule has 6 nitrogen and oxygen atoms in total. The highest BCUT2D eigenvalue weighted by Gasteiger charge is 2.14. The zero-order valence-corrected chi connectivity index (χ0v) is 12.0. The maximum Gasteiger partial charge on any atom is 0.216 e. The molecule has 3 heterocycles. The number of hydrogen-bond acceptors (Lipinski definition) is 5. The molecule has 3 aromatic heterocycles. The average molecular weight is 322 g/mol. The van der Waals surface area contributed by atoms with Gasteiger partial charge in [0.25, 0.3) is 0 Å². The molecule has 0 saturated heterocycles. The van der Waals surface area contributed by atoms with Gasteiger partial charge in [0.1, 0.15) is 16.4 Å². The Kier molecular flexibility index (Phi) is 2.98. The Labute approximate surface area is 118 Å². The Balaban J connectivity index is 1.94. The van der Waals surface area contributed by atoms with Crippen molar-refractivity contribution in [2.75, 3.05) is 5.32 Å². The quantitative estimate of drug-likeness (QED) is 0.803. The van der Waals surface area contributed by atoms with E-state index in [4.69, 9.17) is 4.42 Å². The van der Waals surface area contributed by atoms with E-state index in [1.165, 1.54) is 0 Å². The van der Waals surface area contributed by atoms with Crippen molar-refractivity contribution in [1.82, 2.24) is 19.4 Å². The van der Waals surface area contributed by atoms with E-state index in [9.17, 15) is 0 Å². The number of aryl methyl sites for hydroxylation is 1. The number of imidazole rings is 1. The van der Waals surface area contributed by atoms with Gasteiger partial charge in [-0.15, -0.1) is 0 Å². The first-order chi connectivity index (χ1) is 9.13. The van der Waals surface area contributed by atoms with E-state index in [2.05, 4.69) is 36.2 Å². The number of rotatable bonds is 3. The molecule has 1 N–H and O–H groups in total. The van der Waals surface area contributed by atoms with Gasteiger partial charge in [-0.3, -0.25) is 0 Å². The first kappa shape index (κ1) is 12.2. The fraction of sp³-hybridized carbons (Fsp3) is 0.250. The third-order valence-electron chi connectivity index (χ3n) is 2.71. The highest BCUT2D eigenvalue weighted by molar-refractivity contribution is 9.10. The predicted molar refractivity (Wildman–Crippen MR) is 74.0 cm³/mol. The average Bonchev–Trinajstić information content (AvgIpc) is 2.97. The van der Waals surface area contributed by atoms with Gasteiger partial charge in [0, 0.05) is 18.6 Å². The molecule has 7 heteroatoms. The molecule has 3 rings (SSSR count). The van der Waals surface area contributed by atoms with Crippen LogP contribution in [-0.4, -0.2) is 19.4 Å². The van der Waals surface area contributed by atoms with Crippen LogP contribution in [0.2, 0.25) is 0 Å². The molecule has 3 aromatic rings. The van der Waals surface area contributed by atoms with Crippen molar-refractivity contribution in [1.29, 1.82) is 0 Å². The summed E-state index contributed by atoms with van der Waals surface area (Å²) in [5.41, 5.74) is 0.762. The Morgan fingerprint density at radius 3 is 3.00 bits per heavy atom. The van der Waals surface area contributed by atoms with Crippen molar-refractivity contribution in [2.24, 2.45) is 0 Å². The van der Waals surface area contributed by atoms with Gasteiger partial charge in [0.2, 0.25) is 5.89 Å². The largest absolute Gasteiger partial charge is 0.444 e. The van der Waals surface area contributed by atoms with Gasteiger partial charge in [-0.1, -0.05) is 0 Å². The lowest BCUT2D eigenvalue weighted by Gasteiger charge is -2.12. The van der Waals surface area contributed by atoms with E-state index in [0.29, 0.717) is 11.7 Å². The molecule has 0 saturated carbocycles. The Morgan fingerprint density at radius 2 is 2.26 bits per heavy atom. The summed E-state index contributed by atoms with van der Waals surface area (Å²) in [5, 5.41) is 3.26. The van der Waals surface area contributed by atoms with Crippen molar-refractivity contribution >= 4 is 27.4 Å². The molecule has 0 spiro atoms. The van der Waals surface area contributed by atoms with Crippen LogP contribution in [-0.2, 0) is 0 Å². The summed E-state index contributed by atoms with van der Waals surface area (Å²) in [6, 6.07) is -0.0870. The van der Waals surface area contributed by atoms with Crippen LogP contribution in [0.25, 0.3) is 5.65 Å². The summed E-state index contributed by atoms with van der Waals surface area (Å²) in [6.07, 6.45) is 7.15. The summed E-state index contributed by atoms with van der Waals surface area (Å²) >= 11 is 3.38. The fourth-order valence-corrected chi connectivity index (χ4v) is 2.23. The van der Waals surface area contributed by atoms with Crippen LogP contribution in [0.3, 0.4) is 0 Å². The second kappa shape index (κ2) is 4.65. The first-order valence-electron chi connectivity index (χ1n) is 5.81. The second-order valence-corrected chi connectivity index (χ2v) is 5.06. The lowest BCUT2D eigenvalue weighted by atomic mass is 10.3. The van der Waals surface area contributed by atoms with Crippen molar-refractivity contribution in [3.05, 3.63) is 41.0 Å². The van der Waals surface area contributed by atoms with Gasteiger partial charge in [-0.25, -0.2) is 15.0 Å². The van der Waals surface area contributed by atoms with Crippen molar-refractivity contribution in [2.45, 2.75) is 19.9 Å². The number of hydrogen-bond donors (Lipinski definition) is 1. The number of anilines is 1. The van der Waals surface area contributed by atoms with Crippen LogP contribution in [0.1, 0.15) is 24.6 Å². The van der Waals surface area contributed by atoms with Gasteiger partial charge in [0.15, 0.2) is 11.5 Å². The topological polar surface area (TPSA) is 68.2 Å². The lowest BCUT2D eigenvalue weighted by Crippen LogP contribution is -2.10. The zero-order valence-electron chi connectivity index (χ0n) is 10.5. The second-order valence-electron chi connectivity index (χ2n) is 4.25. The van der Waals surface area contributed by atoms with Gasteiger partial charge in [-0.05, 0) is 29.8 Å².